The van der Waals surface area contributed by atoms with Crippen molar-refractivity contribution in [2.75, 3.05) is 30.4 Å². The predicted molar refractivity (Wildman–Crippen MR) is 77.4 cm³/mol. The lowest BCUT2D eigenvalue weighted by Gasteiger charge is -2.35. The van der Waals surface area contributed by atoms with E-state index in [0.717, 1.165) is 25.9 Å². The monoisotopic (exact) mass is 248 g/mol. The quantitative estimate of drug-likeness (QED) is 0.837. The van der Waals surface area contributed by atoms with Crippen molar-refractivity contribution >= 4 is 11.4 Å². The van der Waals surface area contributed by atoms with E-state index >= 15 is 0 Å². The van der Waals surface area contributed by atoms with E-state index in [1.54, 1.807) is 7.11 Å². The molecule has 0 aliphatic heterocycles. The minimum atomic E-state index is 0.456. The van der Waals surface area contributed by atoms with Crippen LogP contribution >= 0.6 is 0 Å². The van der Waals surface area contributed by atoms with Crippen LogP contribution in [0.15, 0.2) is 24.3 Å². The molecule has 0 atom stereocenters. The van der Waals surface area contributed by atoms with Crippen LogP contribution in [0.25, 0.3) is 0 Å². The van der Waals surface area contributed by atoms with Crippen LogP contribution < -0.4 is 10.2 Å². The lowest BCUT2D eigenvalue weighted by Crippen LogP contribution is -2.40. The molecular weight excluding hydrogens is 224 g/mol. The molecule has 1 aromatic rings. The summed E-state index contributed by atoms with van der Waals surface area (Å²) in [5, 5.41) is 3.55. The van der Waals surface area contributed by atoms with E-state index in [0.29, 0.717) is 12.1 Å². The van der Waals surface area contributed by atoms with Crippen molar-refractivity contribution in [1.82, 2.24) is 0 Å². The molecule has 1 aromatic carbocycles. The summed E-state index contributed by atoms with van der Waals surface area (Å²) >= 11 is 0. The average molecular weight is 248 g/mol. The maximum Gasteiger partial charge on any atom is 0.0610 e. The Morgan fingerprint density at radius 2 is 1.78 bits per heavy atom. The second-order valence-corrected chi connectivity index (χ2v) is 4.89. The van der Waals surface area contributed by atoms with Gasteiger partial charge in [-0.3, -0.25) is 0 Å². The summed E-state index contributed by atoms with van der Waals surface area (Å²) in [5.74, 6) is 0. The van der Waals surface area contributed by atoms with Gasteiger partial charge in [0.15, 0.2) is 0 Å². The Labute approximate surface area is 110 Å². The van der Waals surface area contributed by atoms with Crippen molar-refractivity contribution in [2.24, 2.45) is 0 Å². The maximum absolute atomic E-state index is 5.29. The van der Waals surface area contributed by atoms with Crippen LogP contribution in [-0.4, -0.2) is 32.3 Å². The highest BCUT2D eigenvalue weighted by atomic mass is 16.5. The first kappa shape index (κ1) is 13.2. The van der Waals surface area contributed by atoms with Crippen LogP contribution in [0.2, 0.25) is 0 Å². The summed E-state index contributed by atoms with van der Waals surface area (Å²) < 4.78 is 5.29. The van der Waals surface area contributed by atoms with Gasteiger partial charge in [-0.2, -0.15) is 0 Å². The van der Waals surface area contributed by atoms with Gasteiger partial charge < -0.3 is 15.0 Å². The van der Waals surface area contributed by atoms with Crippen molar-refractivity contribution in [3.63, 3.8) is 0 Å². The van der Waals surface area contributed by atoms with Crippen LogP contribution in [-0.2, 0) is 4.74 Å². The lowest BCUT2D eigenvalue weighted by molar-refractivity contribution is 0.0329. The minimum absolute atomic E-state index is 0.456. The van der Waals surface area contributed by atoms with Gasteiger partial charge in [0.25, 0.3) is 0 Å². The van der Waals surface area contributed by atoms with Crippen LogP contribution in [0.1, 0.15) is 26.7 Å². The van der Waals surface area contributed by atoms with Gasteiger partial charge >= 0.3 is 0 Å². The molecule has 0 radical (unpaired) electrons. The Hall–Kier alpha value is -1.22. The van der Waals surface area contributed by atoms with Gasteiger partial charge in [-0.1, -0.05) is 0 Å². The van der Waals surface area contributed by atoms with Crippen molar-refractivity contribution in [2.45, 2.75) is 38.8 Å². The Kier molecular flexibility index (Phi) is 4.48. The van der Waals surface area contributed by atoms with Crippen molar-refractivity contribution in [1.29, 1.82) is 0 Å². The number of nitrogens with one attached hydrogen (secondary N) is 1. The minimum Gasteiger partial charge on any atom is -0.382 e. The van der Waals surface area contributed by atoms with Crippen LogP contribution in [0.4, 0.5) is 11.4 Å². The molecule has 100 valence electrons. The number of nitrogens with zero attached hydrogens (tertiary/aromatic N) is 1. The number of ether oxygens (including phenoxy) is 1. The Bertz CT molecular complexity index is 353. The van der Waals surface area contributed by atoms with Crippen molar-refractivity contribution < 1.29 is 4.74 Å². The zero-order chi connectivity index (χ0) is 13.0. The highest BCUT2D eigenvalue weighted by Gasteiger charge is 2.28. The molecular formula is C15H24N2O. The number of anilines is 2. The first-order valence-corrected chi connectivity index (χ1v) is 6.91. The lowest BCUT2D eigenvalue weighted by atomic mass is 9.89. The molecule has 1 fully saturated rings. The zero-order valence-corrected chi connectivity index (χ0v) is 11.6. The van der Waals surface area contributed by atoms with Gasteiger partial charge in [0.05, 0.1) is 6.10 Å². The van der Waals surface area contributed by atoms with Crippen LogP contribution in [0, 0.1) is 0 Å². The second kappa shape index (κ2) is 6.10. The fourth-order valence-corrected chi connectivity index (χ4v) is 2.47. The third-order valence-electron chi connectivity index (χ3n) is 3.79. The van der Waals surface area contributed by atoms with Gasteiger partial charge in [0.2, 0.25) is 0 Å². The van der Waals surface area contributed by atoms with Crippen molar-refractivity contribution in [3.05, 3.63) is 24.3 Å². The number of rotatable bonds is 6. The highest BCUT2D eigenvalue weighted by Crippen LogP contribution is 2.27. The van der Waals surface area contributed by atoms with Gasteiger partial charge in [0.1, 0.15) is 0 Å². The molecule has 1 aliphatic rings. The number of benzene rings is 1. The number of methoxy groups -OCH3 is 1. The van der Waals surface area contributed by atoms with E-state index in [9.17, 15) is 0 Å². The molecule has 1 N–H and O–H groups in total. The molecule has 0 bridgehead atoms. The largest absolute Gasteiger partial charge is 0.382 e. The average Bonchev–Trinajstić information content (AvgIpc) is 2.36. The van der Waals surface area contributed by atoms with E-state index in [4.69, 9.17) is 4.74 Å². The molecule has 0 spiro atoms. The SMILES string of the molecule is CCN(CC)c1ccc(NC2CC(OC)C2)cc1. The topological polar surface area (TPSA) is 24.5 Å². The van der Waals surface area contributed by atoms with E-state index in [-0.39, 0.29) is 0 Å². The molecule has 3 nitrogen and oxygen atoms in total. The zero-order valence-electron chi connectivity index (χ0n) is 11.6. The van der Waals surface area contributed by atoms with E-state index < -0.39 is 0 Å². The maximum atomic E-state index is 5.29. The molecule has 0 heterocycles. The third-order valence-corrected chi connectivity index (χ3v) is 3.79. The molecule has 3 heteroatoms. The van der Waals surface area contributed by atoms with Gasteiger partial charge in [-0.05, 0) is 51.0 Å². The van der Waals surface area contributed by atoms with Gasteiger partial charge in [-0.25, -0.2) is 0 Å². The summed E-state index contributed by atoms with van der Waals surface area (Å²) in [6.45, 7) is 6.49. The molecule has 1 aliphatic carbocycles. The third kappa shape index (κ3) is 2.96. The smallest absolute Gasteiger partial charge is 0.0610 e. The molecule has 0 aromatic heterocycles. The summed E-state index contributed by atoms with van der Waals surface area (Å²) in [6, 6.07) is 9.32. The van der Waals surface area contributed by atoms with E-state index in [2.05, 4.69) is 48.3 Å². The fourth-order valence-electron chi connectivity index (χ4n) is 2.47. The van der Waals surface area contributed by atoms with Gasteiger partial charge in [-0.15, -0.1) is 0 Å². The Balaban J connectivity index is 1.88. The summed E-state index contributed by atoms with van der Waals surface area (Å²) in [7, 11) is 1.79. The molecule has 0 saturated heterocycles. The number of hydrogen-bond donors (Lipinski definition) is 1. The summed E-state index contributed by atoms with van der Waals surface area (Å²) in [6.07, 6.45) is 2.69. The normalized spacial score (nSPS) is 22.4. The van der Waals surface area contributed by atoms with E-state index in [1.165, 1.54) is 11.4 Å². The summed E-state index contributed by atoms with van der Waals surface area (Å²) in [4.78, 5) is 2.36. The van der Waals surface area contributed by atoms with E-state index in [1.807, 2.05) is 0 Å². The molecule has 2 rings (SSSR count). The van der Waals surface area contributed by atoms with Crippen LogP contribution in [0.5, 0.6) is 0 Å². The molecule has 1 saturated carbocycles. The standard InChI is InChI=1S/C15H24N2O/c1-4-17(5-2)14-8-6-12(7-9-14)16-13-10-15(11-13)18-3/h6-9,13,15-16H,4-5,10-11H2,1-3H3. The first-order valence-electron chi connectivity index (χ1n) is 6.91. The molecule has 0 amide bonds. The van der Waals surface area contributed by atoms with Crippen LogP contribution in [0.3, 0.4) is 0 Å². The fraction of sp³-hybridized carbons (Fsp3) is 0.600. The summed E-state index contributed by atoms with van der Waals surface area (Å²) in [5.41, 5.74) is 2.51. The predicted octanol–water partition coefficient (Wildman–Crippen LogP) is 3.12. The van der Waals surface area contributed by atoms with Crippen molar-refractivity contribution in [3.8, 4) is 0 Å². The highest BCUT2D eigenvalue weighted by molar-refractivity contribution is 5.55. The first-order chi connectivity index (χ1) is 8.76. The van der Waals surface area contributed by atoms with Gasteiger partial charge in [0, 0.05) is 37.6 Å². The molecule has 18 heavy (non-hydrogen) atoms. The second-order valence-electron chi connectivity index (χ2n) is 4.89. The Morgan fingerprint density at radius 1 is 1.17 bits per heavy atom. The number of hydrogen-bond acceptors (Lipinski definition) is 3. The molecule has 0 unspecified atom stereocenters. The Morgan fingerprint density at radius 3 is 2.28 bits per heavy atom.